The van der Waals surface area contributed by atoms with Gasteiger partial charge in [-0.1, -0.05) is 19.9 Å². The monoisotopic (exact) mass is 828 g/mol. The van der Waals surface area contributed by atoms with E-state index in [0.29, 0.717) is 44.9 Å². The van der Waals surface area contributed by atoms with Crippen LogP contribution in [0.4, 0.5) is 0 Å². The van der Waals surface area contributed by atoms with Crippen LogP contribution in [0.25, 0.3) is 0 Å². The maximum atomic E-state index is 14.1. The van der Waals surface area contributed by atoms with E-state index in [-0.39, 0.29) is 52.2 Å². The molecule has 0 aromatic heterocycles. The number of esters is 1. The Morgan fingerprint density at radius 2 is 1.21 bits per heavy atom. The maximum absolute atomic E-state index is 14.1. The Morgan fingerprint density at radius 1 is 0.684 bits per heavy atom. The predicted octanol–water partition coefficient (Wildman–Crippen LogP) is -3.59. The molecule has 3 aliphatic heterocycles. The van der Waals surface area contributed by atoms with Crippen molar-refractivity contribution >= 4 is 35.5 Å². The van der Waals surface area contributed by atoms with E-state index in [0.717, 1.165) is 18.4 Å². The van der Waals surface area contributed by atoms with Crippen LogP contribution in [0.5, 0.6) is 0 Å². The van der Waals surface area contributed by atoms with Crippen LogP contribution in [0.15, 0.2) is 12.2 Å². The number of ether oxygens (including phenoxy) is 6. The van der Waals surface area contributed by atoms with E-state index in [2.05, 4.69) is 13.5 Å². The zero-order valence-electron chi connectivity index (χ0n) is 31.8. The molecule has 7 aliphatic rings. The second-order valence-corrected chi connectivity index (χ2v) is 18.0. The fourth-order valence-corrected chi connectivity index (χ4v) is 12.0. The molecule has 3 saturated heterocycles. The van der Waals surface area contributed by atoms with Gasteiger partial charge in [0.1, 0.15) is 73.2 Å². The molecular weight excluding hydrogens is 767 g/mol. The van der Waals surface area contributed by atoms with Crippen molar-refractivity contribution < 1.29 is 89.4 Å². The number of fused-ring (bicyclic) bond motifs is 3. The third-order valence-electron chi connectivity index (χ3n) is 15.0. The average molecular weight is 829 g/mol. The van der Waals surface area contributed by atoms with Gasteiger partial charge in [0, 0.05) is 0 Å². The zero-order chi connectivity index (χ0) is 40.7. The standard InChI is InChI=1S/C38H60O18.Na.H/c1-16-11-37-9-5-20-35(2,7-4-8-36(20,3)34(50)55-32-29(49)26(46)23(43)18(13-40)52-32)21(37)6-10-38(16,15-37)56-33-30(27(47)24(44)19(14-41)53-33)54-31-28(48)25(45)22(42)17(12-39)51-31;;/h17-33,39-49H,1,4-15H2,2-3H3;;/t17-,18-,19-,20+,21+,22-,23-,24-,25+,26+,27+,28-,29-,30-,31+,32+,33+,35-,36-,37-,38+;;/m1../s1. The van der Waals surface area contributed by atoms with Gasteiger partial charge in [0.15, 0.2) is 12.6 Å². The van der Waals surface area contributed by atoms with Crippen molar-refractivity contribution in [2.75, 3.05) is 19.8 Å². The number of hydrogen-bond acceptors (Lipinski definition) is 18. The van der Waals surface area contributed by atoms with Crippen LogP contribution in [0.1, 0.15) is 71.6 Å². The number of aliphatic hydroxyl groups is 11. The summed E-state index contributed by atoms with van der Waals surface area (Å²) in [6.07, 6.45) is -17.8. The average Bonchev–Trinajstić information content (AvgIpc) is 3.37. The summed E-state index contributed by atoms with van der Waals surface area (Å²) in [5, 5.41) is 114. The number of aliphatic hydroxyl groups excluding tert-OH is 11. The summed E-state index contributed by atoms with van der Waals surface area (Å²) in [5.41, 5.74) is -1.80. The quantitative estimate of drug-likeness (QED) is 0.0464. The second kappa shape index (κ2) is 17.0. The molecule has 7 rings (SSSR count). The first-order valence-corrected chi connectivity index (χ1v) is 19.9. The van der Waals surface area contributed by atoms with Crippen molar-refractivity contribution in [2.24, 2.45) is 28.1 Å². The minimum absolute atomic E-state index is 0. The summed E-state index contributed by atoms with van der Waals surface area (Å²) >= 11 is 0. The molecule has 19 heteroatoms. The molecule has 0 unspecified atom stereocenters. The van der Waals surface area contributed by atoms with Crippen LogP contribution in [0, 0.1) is 28.1 Å². The summed E-state index contributed by atoms with van der Waals surface area (Å²) in [5.74, 6) is -0.591. The van der Waals surface area contributed by atoms with Crippen molar-refractivity contribution in [1.29, 1.82) is 0 Å². The Morgan fingerprint density at radius 3 is 1.81 bits per heavy atom. The Balaban J connectivity index is 0.00000549. The minimum atomic E-state index is -1.81. The van der Waals surface area contributed by atoms with Gasteiger partial charge >= 0.3 is 35.5 Å². The molecule has 322 valence electrons. The molecule has 0 aromatic carbocycles. The Hall–Kier alpha value is -0.430. The van der Waals surface area contributed by atoms with E-state index in [9.17, 15) is 61.0 Å². The van der Waals surface area contributed by atoms with Crippen LogP contribution >= 0.6 is 0 Å². The fourth-order valence-electron chi connectivity index (χ4n) is 12.0. The van der Waals surface area contributed by atoms with E-state index in [4.69, 9.17) is 28.4 Å². The topological polar surface area (TPSA) is 295 Å². The third-order valence-corrected chi connectivity index (χ3v) is 15.0. The SMILES string of the molecule is C=C1C[C@@]23CC[C@H]4[C@@](C)(CCC[C@@]4(C)C(=O)O[C@@H]4O[C@H](CO)[C@@H](O)[C@H](O)[C@H]4O)[C@@H]2CC[C@]1(O[C@@H]1O[C@H](CO)[C@@H](O)[C@H](O)[C@H]1O[C@@H]1O[C@H](CO)[C@@H](O)[C@H](O)[C@H]1O)C3.[NaH]. The van der Waals surface area contributed by atoms with Gasteiger partial charge in [0.05, 0.1) is 30.8 Å². The molecule has 4 saturated carbocycles. The van der Waals surface area contributed by atoms with E-state index in [1.165, 1.54) is 0 Å². The van der Waals surface area contributed by atoms with Gasteiger partial charge in [0.2, 0.25) is 6.29 Å². The normalized spacial score (nSPS) is 53.6. The van der Waals surface area contributed by atoms with Gasteiger partial charge in [-0.05, 0) is 86.5 Å². The van der Waals surface area contributed by atoms with Gasteiger partial charge < -0.3 is 84.6 Å². The second-order valence-electron chi connectivity index (χ2n) is 18.0. The molecular formula is C38H61NaO18. The first-order valence-electron chi connectivity index (χ1n) is 19.9. The van der Waals surface area contributed by atoms with Crippen molar-refractivity contribution in [1.82, 2.24) is 0 Å². The molecule has 0 amide bonds. The molecule has 7 fully saturated rings. The first-order chi connectivity index (χ1) is 26.4. The van der Waals surface area contributed by atoms with Crippen LogP contribution in [-0.4, -0.2) is 209 Å². The van der Waals surface area contributed by atoms with Gasteiger partial charge in [-0.3, -0.25) is 4.79 Å². The Labute approximate surface area is 353 Å². The Kier molecular flexibility index (Phi) is 13.8. The molecule has 0 radical (unpaired) electrons. The fraction of sp³-hybridized carbons (Fsp3) is 0.921. The molecule has 4 aliphatic carbocycles. The summed E-state index contributed by atoms with van der Waals surface area (Å²) in [4.78, 5) is 14.1. The van der Waals surface area contributed by atoms with Crippen molar-refractivity contribution in [2.45, 2.75) is 169 Å². The van der Waals surface area contributed by atoms with Gasteiger partial charge in [-0.15, -0.1) is 0 Å². The van der Waals surface area contributed by atoms with Crippen LogP contribution in [0.3, 0.4) is 0 Å². The van der Waals surface area contributed by atoms with Gasteiger partial charge in [0.25, 0.3) is 0 Å². The molecule has 3 heterocycles. The molecule has 11 N–H and O–H groups in total. The van der Waals surface area contributed by atoms with Crippen molar-refractivity contribution in [3.8, 4) is 0 Å². The molecule has 57 heavy (non-hydrogen) atoms. The van der Waals surface area contributed by atoms with Crippen molar-refractivity contribution in [3.63, 3.8) is 0 Å². The summed E-state index contributed by atoms with van der Waals surface area (Å²) in [6, 6.07) is 0. The molecule has 0 aromatic rings. The van der Waals surface area contributed by atoms with E-state index < -0.39 is 129 Å². The number of carbonyl (C=O) groups is 1. The first kappa shape index (κ1) is 46.1. The number of hydrogen-bond donors (Lipinski definition) is 11. The zero-order valence-corrected chi connectivity index (χ0v) is 31.8. The van der Waals surface area contributed by atoms with Crippen LogP contribution in [-0.2, 0) is 33.2 Å². The van der Waals surface area contributed by atoms with E-state index >= 15 is 0 Å². The van der Waals surface area contributed by atoms with Crippen LogP contribution in [0.2, 0.25) is 0 Å². The van der Waals surface area contributed by atoms with E-state index in [1.807, 2.05) is 6.92 Å². The molecule has 1 spiro atoms. The van der Waals surface area contributed by atoms with Crippen LogP contribution < -0.4 is 0 Å². The van der Waals surface area contributed by atoms with Crippen molar-refractivity contribution in [3.05, 3.63) is 12.2 Å². The van der Waals surface area contributed by atoms with E-state index in [1.54, 1.807) is 0 Å². The Bertz CT molecular complexity index is 1460. The molecule has 21 atom stereocenters. The summed E-state index contributed by atoms with van der Waals surface area (Å²) in [7, 11) is 0. The third kappa shape index (κ3) is 7.53. The number of rotatable bonds is 9. The summed E-state index contributed by atoms with van der Waals surface area (Å²) in [6.45, 7) is 6.52. The summed E-state index contributed by atoms with van der Waals surface area (Å²) < 4.78 is 35.6. The van der Waals surface area contributed by atoms with Gasteiger partial charge in [-0.25, -0.2) is 0 Å². The molecule has 18 nitrogen and oxygen atoms in total. The number of carbonyl (C=O) groups excluding carboxylic acids is 1. The van der Waals surface area contributed by atoms with Gasteiger partial charge in [-0.2, -0.15) is 0 Å². The predicted molar refractivity (Wildman–Crippen MR) is 194 cm³/mol. The molecule has 2 bridgehead atoms.